The predicted molar refractivity (Wildman–Crippen MR) is 120 cm³/mol. The fourth-order valence-corrected chi connectivity index (χ4v) is 4.33. The Labute approximate surface area is 189 Å². The molecule has 0 spiro atoms. The first-order chi connectivity index (χ1) is 15.5. The van der Waals surface area contributed by atoms with Crippen molar-refractivity contribution in [2.45, 2.75) is 64.7 Å². The number of anilines is 4. The maximum atomic E-state index is 13.5. The van der Waals surface area contributed by atoms with Crippen molar-refractivity contribution in [2.75, 3.05) is 10.6 Å². The van der Waals surface area contributed by atoms with Gasteiger partial charge in [-0.3, -0.25) is 5.10 Å². The van der Waals surface area contributed by atoms with Crippen molar-refractivity contribution in [2.24, 2.45) is 0 Å². The average molecular weight is 461 g/mol. The third kappa shape index (κ3) is 4.95. The number of aliphatic hydroxyl groups is 1. The molecule has 1 aromatic carbocycles. The van der Waals surface area contributed by atoms with Crippen LogP contribution in [0.15, 0.2) is 24.4 Å². The zero-order valence-electron chi connectivity index (χ0n) is 18.8. The number of benzene rings is 1. The van der Waals surface area contributed by atoms with Gasteiger partial charge >= 0.3 is 6.18 Å². The van der Waals surface area contributed by atoms with Crippen molar-refractivity contribution in [1.82, 2.24) is 20.2 Å². The van der Waals surface area contributed by atoms with Crippen LogP contribution in [0.4, 0.5) is 36.4 Å². The molecule has 0 aliphatic heterocycles. The number of rotatable bonds is 5. The van der Waals surface area contributed by atoms with Crippen LogP contribution in [0.5, 0.6) is 0 Å². The highest BCUT2D eigenvalue weighted by Gasteiger charge is 2.36. The van der Waals surface area contributed by atoms with E-state index in [0.717, 1.165) is 55.0 Å². The van der Waals surface area contributed by atoms with Gasteiger partial charge in [0.2, 0.25) is 5.95 Å². The number of aromatic nitrogens is 4. The summed E-state index contributed by atoms with van der Waals surface area (Å²) in [6.45, 7) is 5.55. The lowest BCUT2D eigenvalue weighted by Gasteiger charge is -2.34. The highest BCUT2D eigenvalue weighted by molar-refractivity contribution is 5.64. The van der Waals surface area contributed by atoms with Crippen LogP contribution in [-0.4, -0.2) is 25.3 Å². The molecule has 1 aliphatic carbocycles. The molecule has 33 heavy (non-hydrogen) atoms. The molecule has 0 amide bonds. The molecular weight excluding hydrogens is 433 g/mol. The molecule has 2 aromatic heterocycles. The molecule has 7 nitrogen and oxygen atoms in total. The molecule has 0 saturated heterocycles. The van der Waals surface area contributed by atoms with E-state index in [1.807, 2.05) is 26.0 Å². The minimum atomic E-state index is -4.63. The Morgan fingerprint density at radius 1 is 1.00 bits per heavy atom. The minimum absolute atomic E-state index is 0.0179. The normalized spacial score (nSPS) is 16.0. The van der Waals surface area contributed by atoms with Crippen LogP contribution in [0.3, 0.4) is 0 Å². The first kappa shape index (κ1) is 23.0. The van der Waals surface area contributed by atoms with Gasteiger partial charge in [0.25, 0.3) is 0 Å². The van der Waals surface area contributed by atoms with E-state index < -0.39 is 23.2 Å². The molecule has 1 saturated carbocycles. The van der Waals surface area contributed by atoms with E-state index in [2.05, 4.69) is 30.8 Å². The molecule has 10 heteroatoms. The van der Waals surface area contributed by atoms with Crippen LogP contribution in [0.25, 0.3) is 0 Å². The van der Waals surface area contributed by atoms with Crippen LogP contribution in [-0.2, 0) is 11.8 Å². The van der Waals surface area contributed by atoms with Crippen molar-refractivity contribution in [3.8, 4) is 0 Å². The Balaban J connectivity index is 1.64. The van der Waals surface area contributed by atoms with Gasteiger partial charge in [0, 0.05) is 23.6 Å². The molecular formula is C23H27F3N6O. The van der Waals surface area contributed by atoms with Crippen molar-refractivity contribution in [3.63, 3.8) is 0 Å². The van der Waals surface area contributed by atoms with Gasteiger partial charge in [-0.25, -0.2) is 4.98 Å². The van der Waals surface area contributed by atoms with Crippen LogP contribution in [0, 0.1) is 20.8 Å². The monoisotopic (exact) mass is 460 g/mol. The second kappa shape index (κ2) is 8.66. The van der Waals surface area contributed by atoms with Crippen molar-refractivity contribution in [3.05, 3.63) is 52.3 Å². The van der Waals surface area contributed by atoms with Gasteiger partial charge in [0.1, 0.15) is 11.4 Å². The summed E-state index contributed by atoms with van der Waals surface area (Å²) in [5.74, 6) is -0.154. The first-order valence-corrected chi connectivity index (χ1v) is 10.9. The highest BCUT2D eigenvalue weighted by Crippen LogP contribution is 2.40. The van der Waals surface area contributed by atoms with E-state index in [9.17, 15) is 18.3 Å². The SMILES string of the molecule is Cc1cc(Nc2nc(Nc3cc(C)c(C4(O)CCCCC4)cc3C)ncc2C(F)(F)F)n[nH]1. The third-order valence-electron chi connectivity index (χ3n) is 6.05. The standard InChI is InChI=1S/C23H27F3N6O/c1-13-10-18(14(2)9-16(13)22(33)7-5-4-6-8-22)28-21-27-12-17(23(24,25)26)20(30-21)29-19-11-15(3)31-32-19/h9-12,33H,4-8H2,1-3H3,(H3,27,28,29,30,31,32). The summed E-state index contributed by atoms with van der Waals surface area (Å²) in [5.41, 5.74) is 2.18. The summed E-state index contributed by atoms with van der Waals surface area (Å²) in [7, 11) is 0. The largest absolute Gasteiger partial charge is 0.421 e. The summed E-state index contributed by atoms with van der Waals surface area (Å²) in [5, 5.41) is 23.4. The van der Waals surface area contributed by atoms with Gasteiger partial charge in [-0.2, -0.15) is 23.3 Å². The molecule has 2 heterocycles. The Morgan fingerprint density at radius 3 is 2.36 bits per heavy atom. The summed E-state index contributed by atoms with van der Waals surface area (Å²) >= 11 is 0. The lowest BCUT2D eigenvalue weighted by molar-refractivity contribution is -0.137. The molecule has 3 aromatic rings. The van der Waals surface area contributed by atoms with Crippen LogP contribution in [0.2, 0.25) is 0 Å². The second-order valence-electron chi connectivity index (χ2n) is 8.71. The fourth-order valence-electron chi connectivity index (χ4n) is 4.33. The van der Waals surface area contributed by atoms with Gasteiger partial charge in [0.15, 0.2) is 5.82 Å². The first-order valence-electron chi connectivity index (χ1n) is 10.9. The van der Waals surface area contributed by atoms with E-state index in [-0.39, 0.29) is 11.8 Å². The van der Waals surface area contributed by atoms with E-state index in [4.69, 9.17) is 0 Å². The average Bonchev–Trinajstić information content (AvgIpc) is 3.15. The molecule has 4 rings (SSSR count). The minimum Gasteiger partial charge on any atom is -0.385 e. The van der Waals surface area contributed by atoms with Gasteiger partial charge < -0.3 is 15.7 Å². The van der Waals surface area contributed by atoms with Crippen LogP contribution in [0.1, 0.15) is 60.1 Å². The zero-order chi connectivity index (χ0) is 23.8. The molecule has 1 aliphatic rings. The number of nitrogens with zero attached hydrogens (tertiary/aromatic N) is 3. The molecule has 4 N–H and O–H groups in total. The second-order valence-corrected chi connectivity index (χ2v) is 8.71. The van der Waals surface area contributed by atoms with Crippen LogP contribution >= 0.6 is 0 Å². The number of halogens is 3. The van der Waals surface area contributed by atoms with Crippen molar-refractivity contribution < 1.29 is 18.3 Å². The molecule has 0 unspecified atom stereocenters. The molecule has 0 radical (unpaired) electrons. The Bertz CT molecular complexity index is 1150. The summed E-state index contributed by atoms with van der Waals surface area (Å²) < 4.78 is 40.5. The summed E-state index contributed by atoms with van der Waals surface area (Å²) in [6.07, 6.45) is 0.667. The lowest BCUT2D eigenvalue weighted by atomic mass is 9.77. The van der Waals surface area contributed by atoms with E-state index >= 15 is 0 Å². The van der Waals surface area contributed by atoms with Gasteiger partial charge in [0.05, 0.1) is 5.60 Å². The molecule has 176 valence electrons. The smallest absolute Gasteiger partial charge is 0.385 e. The number of H-pyrrole nitrogens is 1. The third-order valence-corrected chi connectivity index (χ3v) is 6.05. The number of hydrogen-bond donors (Lipinski definition) is 4. The van der Waals surface area contributed by atoms with E-state index in [1.54, 1.807) is 13.0 Å². The number of nitrogens with one attached hydrogen (secondary N) is 3. The lowest BCUT2D eigenvalue weighted by Crippen LogP contribution is -2.29. The predicted octanol–water partition coefficient (Wildman–Crippen LogP) is 5.78. The quantitative estimate of drug-likeness (QED) is 0.385. The number of aromatic amines is 1. The van der Waals surface area contributed by atoms with Gasteiger partial charge in [-0.1, -0.05) is 25.3 Å². The maximum Gasteiger partial charge on any atom is 0.421 e. The van der Waals surface area contributed by atoms with Gasteiger partial charge in [-0.15, -0.1) is 0 Å². The van der Waals surface area contributed by atoms with Crippen LogP contribution < -0.4 is 10.6 Å². The number of aryl methyl sites for hydroxylation is 3. The van der Waals surface area contributed by atoms with Crippen molar-refractivity contribution >= 4 is 23.3 Å². The van der Waals surface area contributed by atoms with E-state index in [1.165, 1.54) is 0 Å². The fraction of sp³-hybridized carbons (Fsp3) is 0.435. The Hall–Kier alpha value is -3.14. The van der Waals surface area contributed by atoms with E-state index in [0.29, 0.717) is 11.4 Å². The maximum absolute atomic E-state index is 13.5. The zero-order valence-corrected chi connectivity index (χ0v) is 18.8. The highest BCUT2D eigenvalue weighted by atomic mass is 19.4. The topological polar surface area (TPSA) is 98.8 Å². The molecule has 0 bridgehead atoms. The number of hydrogen-bond acceptors (Lipinski definition) is 6. The number of alkyl halides is 3. The Morgan fingerprint density at radius 2 is 1.73 bits per heavy atom. The van der Waals surface area contributed by atoms with Crippen molar-refractivity contribution in [1.29, 1.82) is 0 Å². The summed E-state index contributed by atoms with van der Waals surface area (Å²) in [4.78, 5) is 7.96. The summed E-state index contributed by atoms with van der Waals surface area (Å²) in [6, 6.07) is 5.40. The van der Waals surface area contributed by atoms with Gasteiger partial charge in [-0.05, 0) is 56.4 Å². The molecule has 0 atom stereocenters. The Kier molecular flexibility index (Phi) is 6.04. The molecule has 1 fully saturated rings.